The van der Waals surface area contributed by atoms with E-state index in [1.54, 1.807) is 0 Å². The molecule has 0 aromatic heterocycles. The Labute approximate surface area is 112 Å². The van der Waals surface area contributed by atoms with Gasteiger partial charge in [0.1, 0.15) is 0 Å². The number of benzene rings is 1. The van der Waals surface area contributed by atoms with Crippen molar-refractivity contribution in [1.82, 2.24) is 10.2 Å². The summed E-state index contributed by atoms with van der Waals surface area (Å²) in [5, 5.41) is 3.30. The Bertz CT molecular complexity index is 347. The Morgan fingerprint density at radius 3 is 2.44 bits per heavy atom. The molecule has 2 heteroatoms. The Kier molecular flexibility index (Phi) is 6.37. The fourth-order valence-corrected chi connectivity index (χ4v) is 2.32. The van der Waals surface area contributed by atoms with E-state index in [-0.39, 0.29) is 0 Å². The van der Waals surface area contributed by atoms with Crippen LogP contribution in [0, 0.1) is 18.8 Å². The second-order valence-electron chi connectivity index (χ2n) is 5.69. The van der Waals surface area contributed by atoms with Gasteiger partial charge in [-0.25, -0.2) is 0 Å². The summed E-state index contributed by atoms with van der Waals surface area (Å²) in [4.78, 5) is 2.43. The molecule has 0 heterocycles. The van der Waals surface area contributed by atoms with Crippen molar-refractivity contribution in [3.05, 3.63) is 35.4 Å². The number of hydrogen-bond acceptors (Lipinski definition) is 2. The van der Waals surface area contributed by atoms with Gasteiger partial charge in [-0.1, -0.05) is 38.1 Å². The van der Waals surface area contributed by atoms with Crippen LogP contribution >= 0.6 is 0 Å². The van der Waals surface area contributed by atoms with Gasteiger partial charge in [-0.05, 0) is 50.5 Å². The molecule has 0 saturated heterocycles. The topological polar surface area (TPSA) is 15.3 Å². The second-order valence-corrected chi connectivity index (χ2v) is 5.69. The minimum Gasteiger partial charge on any atom is -0.319 e. The first-order valence-corrected chi connectivity index (χ1v) is 6.92. The van der Waals surface area contributed by atoms with E-state index in [9.17, 15) is 0 Å². The molecule has 102 valence electrons. The average molecular weight is 248 g/mol. The van der Waals surface area contributed by atoms with Crippen molar-refractivity contribution >= 4 is 0 Å². The third-order valence-electron chi connectivity index (χ3n) is 3.66. The molecule has 1 atom stereocenters. The lowest BCUT2D eigenvalue weighted by Gasteiger charge is -2.27. The summed E-state index contributed by atoms with van der Waals surface area (Å²) in [6.45, 7) is 10.1. The van der Waals surface area contributed by atoms with Crippen LogP contribution in [0.25, 0.3) is 0 Å². The van der Waals surface area contributed by atoms with Crippen molar-refractivity contribution < 1.29 is 0 Å². The predicted molar refractivity (Wildman–Crippen MR) is 79.8 cm³/mol. The first-order valence-electron chi connectivity index (χ1n) is 6.92. The van der Waals surface area contributed by atoms with Gasteiger partial charge in [-0.3, -0.25) is 0 Å². The first-order chi connectivity index (χ1) is 8.54. The molecular weight excluding hydrogens is 220 g/mol. The maximum absolute atomic E-state index is 3.30. The monoisotopic (exact) mass is 248 g/mol. The molecule has 0 fully saturated rings. The molecule has 0 amide bonds. The van der Waals surface area contributed by atoms with Crippen LogP contribution in [0.3, 0.4) is 0 Å². The maximum atomic E-state index is 3.30. The van der Waals surface area contributed by atoms with E-state index in [1.807, 2.05) is 7.05 Å². The van der Waals surface area contributed by atoms with E-state index in [1.165, 1.54) is 11.1 Å². The van der Waals surface area contributed by atoms with Crippen molar-refractivity contribution in [3.63, 3.8) is 0 Å². The van der Waals surface area contributed by atoms with Gasteiger partial charge in [0.15, 0.2) is 0 Å². The fourth-order valence-electron chi connectivity index (χ4n) is 2.32. The van der Waals surface area contributed by atoms with E-state index in [0.717, 1.165) is 25.6 Å². The maximum Gasteiger partial charge on any atom is 0.0233 e. The highest BCUT2D eigenvalue weighted by molar-refractivity contribution is 5.25. The van der Waals surface area contributed by atoms with Gasteiger partial charge >= 0.3 is 0 Å². The van der Waals surface area contributed by atoms with Gasteiger partial charge in [0, 0.05) is 13.1 Å². The van der Waals surface area contributed by atoms with E-state index in [2.05, 4.69) is 62.3 Å². The summed E-state index contributed by atoms with van der Waals surface area (Å²) < 4.78 is 0. The second kappa shape index (κ2) is 7.55. The smallest absolute Gasteiger partial charge is 0.0233 e. The van der Waals surface area contributed by atoms with Crippen LogP contribution in [0.5, 0.6) is 0 Å². The molecule has 18 heavy (non-hydrogen) atoms. The number of nitrogens with one attached hydrogen (secondary N) is 1. The molecule has 0 aliphatic heterocycles. The predicted octanol–water partition coefficient (Wildman–Crippen LogP) is 2.92. The van der Waals surface area contributed by atoms with Crippen LogP contribution in [0.1, 0.15) is 25.0 Å². The first kappa shape index (κ1) is 15.2. The number of rotatable bonds is 7. The molecule has 0 aliphatic rings. The highest BCUT2D eigenvalue weighted by Crippen LogP contribution is 2.14. The minimum absolute atomic E-state index is 0.712. The summed E-state index contributed by atoms with van der Waals surface area (Å²) in [6.07, 6.45) is 0. The quantitative estimate of drug-likeness (QED) is 0.798. The molecule has 2 nitrogen and oxygen atoms in total. The zero-order valence-electron chi connectivity index (χ0n) is 12.5. The summed E-state index contributed by atoms with van der Waals surface area (Å²) in [5.41, 5.74) is 2.83. The molecular formula is C16H28N2. The van der Waals surface area contributed by atoms with Crippen LogP contribution < -0.4 is 5.32 Å². The molecule has 1 aromatic carbocycles. The van der Waals surface area contributed by atoms with Crippen molar-refractivity contribution in [2.24, 2.45) is 11.8 Å². The summed E-state index contributed by atoms with van der Waals surface area (Å²) in [7, 11) is 4.26. The van der Waals surface area contributed by atoms with Crippen LogP contribution in [0.4, 0.5) is 0 Å². The van der Waals surface area contributed by atoms with Gasteiger partial charge in [-0.2, -0.15) is 0 Å². The van der Waals surface area contributed by atoms with Gasteiger partial charge in [-0.15, -0.1) is 0 Å². The third kappa shape index (κ3) is 4.79. The number of nitrogens with zero attached hydrogens (tertiary/aromatic N) is 1. The Balaban J connectivity index is 2.55. The lowest BCUT2D eigenvalue weighted by molar-refractivity contribution is 0.227. The largest absolute Gasteiger partial charge is 0.319 e. The number of hydrogen-bond donors (Lipinski definition) is 1. The number of aryl methyl sites for hydroxylation is 1. The van der Waals surface area contributed by atoms with Crippen molar-refractivity contribution in [1.29, 1.82) is 0 Å². The van der Waals surface area contributed by atoms with Crippen LogP contribution in [-0.4, -0.2) is 32.1 Å². The summed E-state index contributed by atoms with van der Waals surface area (Å²) >= 11 is 0. The molecule has 0 aliphatic carbocycles. The molecule has 1 unspecified atom stereocenters. The Morgan fingerprint density at radius 1 is 1.22 bits per heavy atom. The molecule has 1 aromatic rings. The highest BCUT2D eigenvalue weighted by atomic mass is 15.1. The Morgan fingerprint density at radius 2 is 1.89 bits per heavy atom. The van der Waals surface area contributed by atoms with E-state index in [0.29, 0.717) is 5.92 Å². The molecule has 0 radical (unpaired) electrons. The zero-order valence-corrected chi connectivity index (χ0v) is 12.5. The highest BCUT2D eigenvalue weighted by Gasteiger charge is 2.15. The zero-order chi connectivity index (χ0) is 13.5. The van der Waals surface area contributed by atoms with E-state index >= 15 is 0 Å². The minimum atomic E-state index is 0.712. The molecule has 1 rings (SSSR count). The van der Waals surface area contributed by atoms with Crippen LogP contribution in [-0.2, 0) is 6.54 Å². The van der Waals surface area contributed by atoms with Gasteiger partial charge < -0.3 is 10.2 Å². The van der Waals surface area contributed by atoms with Gasteiger partial charge in [0.2, 0.25) is 0 Å². The van der Waals surface area contributed by atoms with Crippen molar-refractivity contribution in [2.45, 2.75) is 27.3 Å². The van der Waals surface area contributed by atoms with Crippen molar-refractivity contribution in [3.8, 4) is 0 Å². The standard InChI is InChI=1S/C16H28N2/c1-13(2)16(10-17-4)12-18(5)11-15-9-7-6-8-14(15)3/h6-9,13,16-17H,10-12H2,1-5H3. The van der Waals surface area contributed by atoms with E-state index in [4.69, 9.17) is 0 Å². The molecule has 0 saturated carbocycles. The lowest BCUT2D eigenvalue weighted by atomic mass is 9.95. The van der Waals surface area contributed by atoms with Gasteiger partial charge in [0.25, 0.3) is 0 Å². The molecule has 0 bridgehead atoms. The Hall–Kier alpha value is -0.860. The molecule has 1 N–H and O–H groups in total. The average Bonchev–Trinajstić information content (AvgIpc) is 2.31. The summed E-state index contributed by atoms with van der Waals surface area (Å²) in [5.74, 6) is 1.43. The van der Waals surface area contributed by atoms with Crippen LogP contribution in [0.15, 0.2) is 24.3 Å². The normalized spacial score (nSPS) is 13.3. The van der Waals surface area contributed by atoms with Crippen LogP contribution in [0.2, 0.25) is 0 Å². The van der Waals surface area contributed by atoms with Gasteiger partial charge in [0.05, 0.1) is 0 Å². The fraction of sp³-hybridized carbons (Fsp3) is 0.625. The third-order valence-corrected chi connectivity index (χ3v) is 3.66. The van der Waals surface area contributed by atoms with Crippen molar-refractivity contribution in [2.75, 3.05) is 27.2 Å². The molecule has 0 spiro atoms. The SMILES string of the molecule is CNCC(CN(C)Cc1ccccc1C)C(C)C. The lowest BCUT2D eigenvalue weighted by Crippen LogP contribution is -2.34. The summed E-state index contributed by atoms with van der Waals surface area (Å²) in [6, 6.07) is 8.66. The van der Waals surface area contributed by atoms with E-state index < -0.39 is 0 Å².